The summed E-state index contributed by atoms with van der Waals surface area (Å²) in [6.07, 6.45) is 1.72. The minimum absolute atomic E-state index is 0.202. The molecule has 0 saturated heterocycles. The Morgan fingerprint density at radius 2 is 2.05 bits per heavy atom. The first-order chi connectivity index (χ1) is 10.1. The number of halogens is 1. The molecule has 21 heavy (non-hydrogen) atoms. The van der Waals surface area contributed by atoms with E-state index in [4.69, 9.17) is 11.6 Å². The quantitative estimate of drug-likeness (QED) is 0.884. The van der Waals surface area contributed by atoms with Gasteiger partial charge >= 0.3 is 5.97 Å². The summed E-state index contributed by atoms with van der Waals surface area (Å²) >= 11 is 5.80. The van der Waals surface area contributed by atoms with E-state index in [1.807, 2.05) is 0 Å². The van der Waals surface area contributed by atoms with Gasteiger partial charge in [0.25, 0.3) is 5.91 Å². The Bertz CT molecular complexity index is 696. The van der Waals surface area contributed by atoms with Gasteiger partial charge in [0, 0.05) is 17.0 Å². The molecule has 108 valence electrons. The second-order valence-electron chi connectivity index (χ2n) is 4.83. The fourth-order valence-corrected chi connectivity index (χ4v) is 2.55. The molecule has 1 aromatic carbocycles. The summed E-state index contributed by atoms with van der Waals surface area (Å²) in [7, 11) is 0. The highest BCUT2D eigenvalue weighted by Crippen LogP contribution is 2.23. The molecule has 0 fully saturated rings. The minimum Gasteiger partial charge on any atom is -0.480 e. The largest absolute Gasteiger partial charge is 0.480 e. The third-order valence-corrected chi connectivity index (χ3v) is 3.79. The van der Waals surface area contributed by atoms with Crippen LogP contribution in [-0.2, 0) is 17.8 Å². The van der Waals surface area contributed by atoms with E-state index in [9.17, 15) is 14.7 Å². The number of imidazole rings is 1. The Kier molecular flexibility index (Phi) is 3.39. The van der Waals surface area contributed by atoms with E-state index in [-0.39, 0.29) is 18.9 Å². The van der Waals surface area contributed by atoms with Gasteiger partial charge in [-0.15, -0.1) is 0 Å². The topological polar surface area (TPSA) is 86.3 Å². The molecule has 1 aliphatic rings. The van der Waals surface area contributed by atoms with E-state index in [0.717, 1.165) is 5.69 Å². The summed E-state index contributed by atoms with van der Waals surface area (Å²) in [6, 6.07) is 5.48. The molecule has 1 aromatic heterocycles. The van der Waals surface area contributed by atoms with Crippen LogP contribution in [0.15, 0.2) is 30.6 Å². The minimum atomic E-state index is -1.04. The third kappa shape index (κ3) is 2.50. The van der Waals surface area contributed by atoms with Crippen LogP contribution in [0.1, 0.15) is 21.7 Å². The molecular formula is C14H12ClN3O3. The Balaban J connectivity index is 1.93. The average Bonchev–Trinajstić information content (AvgIpc) is 2.93. The van der Waals surface area contributed by atoms with Crippen LogP contribution in [0.25, 0.3) is 0 Å². The van der Waals surface area contributed by atoms with Crippen LogP contribution in [0.3, 0.4) is 0 Å². The maximum atomic E-state index is 12.5. The number of carbonyl (C=O) groups is 2. The van der Waals surface area contributed by atoms with Gasteiger partial charge in [0.1, 0.15) is 6.04 Å². The van der Waals surface area contributed by atoms with Crippen LogP contribution in [0.5, 0.6) is 0 Å². The lowest BCUT2D eigenvalue weighted by Gasteiger charge is -2.32. The normalized spacial score (nSPS) is 17.4. The first-order valence-corrected chi connectivity index (χ1v) is 6.74. The van der Waals surface area contributed by atoms with Gasteiger partial charge in [0.15, 0.2) is 0 Å². The summed E-state index contributed by atoms with van der Waals surface area (Å²) in [6.45, 7) is 0.202. The number of benzene rings is 1. The molecule has 2 aromatic rings. The number of H-pyrrole nitrogens is 1. The highest BCUT2D eigenvalue weighted by Gasteiger charge is 2.36. The van der Waals surface area contributed by atoms with Crippen molar-refractivity contribution in [2.75, 3.05) is 0 Å². The molecule has 0 radical (unpaired) electrons. The lowest BCUT2D eigenvalue weighted by Crippen LogP contribution is -2.48. The van der Waals surface area contributed by atoms with Gasteiger partial charge in [-0.25, -0.2) is 9.78 Å². The molecule has 0 aliphatic carbocycles. The highest BCUT2D eigenvalue weighted by molar-refractivity contribution is 6.30. The van der Waals surface area contributed by atoms with Crippen LogP contribution in [0.2, 0.25) is 5.02 Å². The van der Waals surface area contributed by atoms with E-state index in [2.05, 4.69) is 9.97 Å². The predicted octanol–water partition coefficient (Wildman–Crippen LogP) is 1.71. The van der Waals surface area contributed by atoms with Crippen molar-refractivity contribution in [3.8, 4) is 0 Å². The average molecular weight is 306 g/mol. The SMILES string of the molecule is O=C(O)C1Cc2nc[nH]c2CN1C(=O)c1ccc(Cl)cc1. The lowest BCUT2D eigenvalue weighted by molar-refractivity contribution is -0.142. The number of nitrogens with one attached hydrogen (secondary N) is 1. The van der Waals surface area contributed by atoms with E-state index < -0.39 is 12.0 Å². The van der Waals surface area contributed by atoms with Crippen LogP contribution >= 0.6 is 11.6 Å². The van der Waals surface area contributed by atoms with Crippen LogP contribution < -0.4 is 0 Å². The maximum absolute atomic E-state index is 12.5. The van der Waals surface area contributed by atoms with Gasteiger partial charge in [-0.1, -0.05) is 11.6 Å². The molecule has 0 bridgehead atoms. The Hall–Kier alpha value is -2.34. The highest BCUT2D eigenvalue weighted by atomic mass is 35.5. The second-order valence-corrected chi connectivity index (χ2v) is 5.26. The van der Waals surface area contributed by atoms with Gasteiger partial charge in [-0.2, -0.15) is 0 Å². The summed E-state index contributed by atoms with van der Waals surface area (Å²) in [5, 5.41) is 9.88. The number of carboxylic acid groups (broad SMARTS) is 1. The summed E-state index contributed by atoms with van der Waals surface area (Å²) < 4.78 is 0. The van der Waals surface area contributed by atoms with Crippen molar-refractivity contribution in [3.05, 3.63) is 52.6 Å². The zero-order valence-electron chi connectivity index (χ0n) is 10.9. The van der Waals surface area contributed by atoms with Crippen molar-refractivity contribution in [2.24, 2.45) is 0 Å². The molecule has 1 atom stereocenters. The van der Waals surface area contributed by atoms with Crippen molar-refractivity contribution < 1.29 is 14.7 Å². The van der Waals surface area contributed by atoms with Crippen molar-refractivity contribution in [2.45, 2.75) is 19.0 Å². The van der Waals surface area contributed by atoms with Crippen molar-refractivity contribution in [1.82, 2.24) is 14.9 Å². The maximum Gasteiger partial charge on any atom is 0.326 e. The fraction of sp³-hybridized carbons (Fsp3) is 0.214. The molecule has 0 spiro atoms. The number of hydrogen-bond donors (Lipinski definition) is 2. The number of nitrogens with zero attached hydrogens (tertiary/aromatic N) is 2. The van der Waals surface area contributed by atoms with Crippen molar-refractivity contribution in [3.63, 3.8) is 0 Å². The third-order valence-electron chi connectivity index (χ3n) is 3.54. The van der Waals surface area contributed by atoms with E-state index in [1.54, 1.807) is 24.3 Å². The first kappa shape index (κ1) is 13.6. The van der Waals surface area contributed by atoms with Gasteiger partial charge in [-0.05, 0) is 24.3 Å². The van der Waals surface area contributed by atoms with Gasteiger partial charge in [-0.3, -0.25) is 4.79 Å². The molecule has 2 heterocycles. The molecule has 1 amide bonds. The summed E-state index contributed by atoms with van der Waals surface area (Å²) in [4.78, 5) is 32.4. The number of carboxylic acids is 1. The van der Waals surface area contributed by atoms with Gasteiger partial charge in [0.2, 0.25) is 0 Å². The molecule has 2 N–H and O–H groups in total. The van der Waals surface area contributed by atoms with Crippen LogP contribution in [0, 0.1) is 0 Å². The fourth-order valence-electron chi connectivity index (χ4n) is 2.43. The van der Waals surface area contributed by atoms with Crippen molar-refractivity contribution in [1.29, 1.82) is 0 Å². The number of amides is 1. The first-order valence-electron chi connectivity index (χ1n) is 6.36. The molecule has 1 unspecified atom stereocenters. The molecule has 6 nitrogen and oxygen atoms in total. The summed E-state index contributed by atoms with van der Waals surface area (Å²) in [5.41, 5.74) is 1.88. The Labute approximate surface area is 125 Å². The molecule has 1 aliphatic heterocycles. The molecule has 3 rings (SSSR count). The van der Waals surface area contributed by atoms with E-state index in [0.29, 0.717) is 16.3 Å². The lowest BCUT2D eigenvalue weighted by atomic mass is 10.0. The number of hydrogen-bond acceptors (Lipinski definition) is 3. The number of fused-ring (bicyclic) bond motifs is 1. The Morgan fingerprint density at radius 1 is 1.33 bits per heavy atom. The van der Waals surface area contributed by atoms with E-state index in [1.165, 1.54) is 11.2 Å². The number of rotatable bonds is 2. The molecule has 7 heteroatoms. The Morgan fingerprint density at radius 3 is 2.71 bits per heavy atom. The second kappa shape index (κ2) is 5.21. The molecule has 0 saturated carbocycles. The number of aromatic nitrogens is 2. The summed E-state index contributed by atoms with van der Waals surface area (Å²) in [5.74, 6) is -1.37. The number of carbonyl (C=O) groups excluding carboxylic acids is 1. The number of aromatic amines is 1. The molecular weight excluding hydrogens is 294 g/mol. The zero-order chi connectivity index (χ0) is 15.0. The monoisotopic (exact) mass is 305 g/mol. The van der Waals surface area contributed by atoms with Gasteiger partial charge in [0.05, 0.1) is 24.3 Å². The van der Waals surface area contributed by atoms with Crippen LogP contribution in [0.4, 0.5) is 0 Å². The van der Waals surface area contributed by atoms with Gasteiger partial charge < -0.3 is 15.0 Å². The van der Waals surface area contributed by atoms with Crippen LogP contribution in [-0.4, -0.2) is 37.9 Å². The standard InChI is InChI=1S/C14H12ClN3O3/c15-9-3-1-8(2-4-9)13(19)18-6-11-10(16-7-17-11)5-12(18)14(20)21/h1-4,7,12H,5-6H2,(H,16,17)(H,20,21). The predicted molar refractivity (Wildman–Crippen MR) is 75.0 cm³/mol. The van der Waals surface area contributed by atoms with E-state index >= 15 is 0 Å². The smallest absolute Gasteiger partial charge is 0.326 e. The number of aliphatic carboxylic acids is 1. The van der Waals surface area contributed by atoms with Crippen molar-refractivity contribution >= 4 is 23.5 Å². The zero-order valence-corrected chi connectivity index (χ0v) is 11.7.